The molecular formula is C7H12BLiO4. The van der Waals surface area contributed by atoms with Crippen molar-refractivity contribution >= 4 is 12.4 Å². The van der Waals surface area contributed by atoms with Crippen molar-refractivity contribution in [2.45, 2.75) is 0 Å². The largest absolute Gasteiger partial charge is 1.00 e. The molecular weight excluding hydrogens is 166 g/mol. The monoisotopic (exact) mass is 178 g/mol. The van der Waals surface area contributed by atoms with Crippen LogP contribution in [0.4, 0.5) is 0 Å². The van der Waals surface area contributed by atoms with Crippen LogP contribution >= 0.6 is 0 Å². The average molecular weight is 178 g/mol. The first-order chi connectivity index (χ1) is 5.79. The maximum atomic E-state index is 5.12. The zero-order valence-corrected chi connectivity index (χ0v) is 8.44. The van der Waals surface area contributed by atoms with Crippen LogP contribution in [0.1, 0.15) is 0 Å². The van der Waals surface area contributed by atoms with Crippen molar-refractivity contribution in [3.05, 3.63) is 18.4 Å². The minimum absolute atomic E-state index is 0. The fourth-order valence-corrected chi connectivity index (χ4v) is 1.13. The molecule has 1 aromatic rings. The number of rotatable bonds is 4. The van der Waals surface area contributed by atoms with Gasteiger partial charge in [0, 0.05) is 5.66 Å². The van der Waals surface area contributed by atoms with Gasteiger partial charge in [0.2, 0.25) is 0 Å². The van der Waals surface area contributed by atoms with E-state index < -0.39 is 6.75 Å². The third-order valence-corrected chi connectivity index (χ3v) is 1.82. The second kappa shape index (κ2) is 5.53. The van der Waals surface area contributed by atoms with Crippen molar-refractivity contribution < 1.29 is 37.2 Å². The van der Waals surface area contributed by atoms with Gasteiger partial charge in [0.05, 0.1) is 6.26 Å². The Morgan fingerprint density at radius 1 is 1.15 bits per heavy atom. The topological polar surface area (TPSA) is 40.8 Å². The van der Waals surface area contributed by atoms with Crippen LogP contribution in [0.2, 0.25) is 0 Å². The van der Waals surface area contributed by atoms with Gasteiger partial charge in [-0.15, -0.1) is 0 Å². The van der Waals surface area contributed by atoms with Crippen LogP contribution in [0, 0.1) is 0 Å². The van der Waals surface area contributed by atoms with Gasteiger partial charge < -0.3 is 18.4 Å². The Hall–Kier alpha value is -0.178. The molecule has 0 aliphatic carbocycles. The maximum absolute atomic E-state index is 5.12. The predicted molar refractivity (Wildman–Crippen MR) is 45.1 cm³/mol. The summed E-state index contributed by atoms with van der Waals surface area (Å²) in [5.41, 5.74) is 0.544. The average Bonchev–Trinajstić information content (AvgIpc) is 2.62. The van der Waals surface area contributed by atoms with Crippen LogP contribution < -0.4 is 24.5 Å². The Labute approximate surface area is 89.7 Å². The first kappa shape index (κ1) is 12.8. The zero-order chi connectivity index (χ0) is 9.03. The first-order valence-electron chi connectivity index (χ1n) is 3.62. The smallest absolute Gasteiger partial charge is 0.541 e. The van der Waals surface area contributed by atoms with Crippen molar-refractivity contribution in [2.24, 2.45) is 0 Å². The summed E-state index contributed by atoms with van der Waals surface area (Å²) in [6.45, 7) is -1.89. The van der Waals surface area contributed by atoms with Gasteiger partial charge in [0.1, 0.15) is 0 Å². The molecule has 0 aromatic carbocycles. The fourth-order valence-electron chi connectivity index (χ4n) is 1.13. The van der Waals surface area contributed by atoms with Crippen molar-refractivity contribution in [1.29, 1.82) is 0 Å². The Morgan fingerprint density at radius 2 is 1.69 bits per heavy atom. The molecule has 1 aromatic heterocycles. The summed E-state index contributed by atoms with van der Waals surface area (Å²) in [7, 11) is 4.53. The van der Waals surface area contributed by atoms with Gasteiger partial charge in [-0.2, -0.15) is 0 Å². The van der Waals surface area contributed by atoms with Crippen LogP contribution in [0.3, 0.4) is 0 Å². The van der Waals surface area contributed by atoms with Gasteiger partial charge in [0.25, 0.3) is 0 Å². The second-order valence-electron chi connectivity index (χ2n) is 2.36. The summed E-state index contributed by atoms with van der Waals surface area (Å²) in [4.78, 5) is 0. The van der Waals surface area contributed by atoms with E-state index in [4.69, 9.17) is 18.4 Å². The van der Waals surface area contributed by atoms with Crippen molar-refractivity contribution in [3.8, 4) is 0 Å². The van der Waals surface area contributed by atoms with E-state index in [9.17, 15) is 0 Å². The van der Waals surface area contributed by atoms with Crippen LogP contribution in [0.25, 0.3) is 0 Å². The molecule has 6 heteroatoms. The van der Waals surface area contributed by atoms with Gasteiger partial charge in [0.15, 0.2) is 0 Å². The Morgan fingerprint density at radius 3 is 2.00 bits per heavy atom. The van der Waals surface area contributed by atoms with E-state index in [1.165, 1.54) is 21.3 Å². The second-order valence-corrected chi connectivity index (χ2v) is 2.36. The molecule has 0 aliphatic rings. The van der Waals surface area contributed by atoms with Gasteiger partial charge in [-0.25, -0.2) is 0 Å². The van der Waals surface area contributed by atoms with E-state index in [1.54, 1.807) is 18.4 Å². The third kappa shape index (κ3) is 2.40. The minimum atomic E-state index is -1.89. The maximum Gasteiger partial charge on any atom is 1.00 e. The standard InChI is InChI=1S/C7H12BO4.Li/c1-9-8(10-2,11-3)7-5-4-6-12-7;/h4-6H,1-3H3;/q-1;+1. The number of hydrogen-bond acceptors (Lipinski definition) is 4. The minimum Gasteiger partial charge on any atom is -0.541 e. The predicted octanol–water partition coefficient (Wildman–Crippen LogP) is -2.63. The summed E-state index contributed by atoms with van der Waals surface area (Å²) < 4.78 is 20.4. The SMILES string of the molecule is CO[B-](OC)(OC)c1ccco1.[Li+]. The van der Waals surface area contributed by atoms with Crippen LogP contribution in [0.15, 0.2) is 22.8 Å². The summed E-state index contributed by atoms with van der Waals surface area (Å²) in [6.07, 6.45) is 1.54. The quantitative estimate of drug-likeness (QED) is 0.473. The van der Waals surface area contributed by atoms with Gasteiger partial charge in [-0.05, 0) is 27.4 Å². The molecule has 0 saturated heterocycles. The van der Waals surface area contributed by atoms with E-state index in [1.807, 2.05) is 0 Å². The fraction of sp³-hybridized carbons (Fsp3) is 0.429. The van der Waals surface area contributed by atoms with E-state index in [-0.39, 0.29) is 18.9 Å². The molecule has 0 unspecified atom stereocenters. The van der Waals surface area contributed by atoms with Crippen molar-refractivity contribution in [3.63, 3.8) is 0 Å². The molecule has 68 valence electrons. The summed E-state index contributed by atoms with van der Waals surface area (Å²) in [5.74, 6) is 0. The zero-order valence-electron chi connectivity index (χ0n) is 8.44. The van der Waals surface area contributed by atoms with Gasteiger partial charge in [-0.1, -0.05) is 6.07 Å². The summed E-state index contributed by atoms with van der Waals surface area (Å²) in [6, 6.07) is 3.50. The van der Waals surface area contributed by atoms with E-state index >= 15 is 0 Å². The van der Waals surface area contributed by atoms with Crippen molar-refractivity contribution in [2.75, 3.05) is 21.3 Å². The molecule has 0 radical (unpaired) electrons. The van der Waals surface area contributed by atoms with Crippen LogP contribution in [0.5, 0.6) is 0 Å². The molecule has 0 aliphatic heterocycles. The molecule has 1 rings (SSSR count). The van der Waals surface area contributed by atoms with Crippen LogP contribution in [-0.4, -0.2) is 28.1 Å². The Bertz CT molecular complexity index is 214. The van der Waals surface area contributed by atoms with E-state index in [0.29, 0.717) is 5.66 Å². The van der Waals surface area contributed by atoms with Crippen LogP contribution in [-0.2, 0) is 14.0 Å². The van der Waals surface area contributed by atoms with E-state index in [2.05, 4.69) is 0 Å². The molecule has 4 nitrogen and oxygen atoms in total. The molecule has 0 amide bonds. The normalized spacial score (nSPS) is 11.0. The van der Waals surface area contributed by atoms with Gasteiger partial charge in [-0.3, -0.25) is 0 Å². The number of furan rings is 1. The molecule has 1 heterocycles. The van der Waals surface area contributed by atoms with E-state index in [0.717, 1.165) is 0 Å². The molecule has 0 atom stereocenters. The summed E-state index contributed by atoms with van der Waals surface area (Å²) >= 11 is 0. The third-order valence-electron chi connectivity index (χ3n) is 1.82. The molecule has 13 heavy (non-hydrogen) atoms. The molecule has 0 bridgehead atoms. The summed E-state index contributed by atoms with van der Waals surface area (Å²) in [5, 5.41) is 0. The molecule has 0 saturated carbocycles. The van der Waals surface area contributed by atoms with Crippen molar-refractivity contribution in [1.82, 2.24) is 0 Å². The molecule has 0 spiro atoms. The number of hydrogen-bond donors (Lipinski definition) is 0. The Kier molecular flexibility index (Phi) is 5.46. The molecule has 0 N–H and O–H groups in total. The van der Waals surface area contributed by atoms with Gasteiger partial charge >= 0.3 is 25.6 Å². The Balaban J connectivity index is 0.00000144. The molecule has 0 fully saturated rings. The first-order valence-corrected chi connectivity index (χ1v) is 3.62.